The molecule has 0 aliphatic carbocycles. The van der Waals surface area contributed by atoms with Gasteiger partial charge < -0.3 is 16.6 Å². The van der Waals surface area contributed by atoms with Crippen LogP contribution in [0.25, 0.3) is 0 Å². The SMILES string of the molecule is NC(N)=Nc1cc(CO)ccn1. The molecule has 0 aliphatic heterocycles. The maximum absolute atomic E-state index is 8.76. The van der Waals surface area contributed by atoms with E-state index < -0.39 is 0 Å². The summed E-state index contributed by atoms with van der Waals surface area (Å²) >= 11 is 0. The normalized spacial score (nSPS) is 9.42. The monoisotopic (exact) mass is 166 g/mol. The Morgan fingerprint density at radius 2 is 2.33 bits per heavy atom. The first kappa shape index (κ1) is 8.48. The van der Waals surface area contributed by atoms with E-state index in [9.17, 15) is 0 Å². The Hall–Kier alpha value is -1.62. The summed E-state index contributed by atoms with van der Waals surface area (Å²) in [6.45, 7) is -0.0461. The molecule has 0 aromatic carbocycles. The zero-order chi connectivity index (χ0) is 8.97. The molecule has 0 saturated carbocycles. The van der Waals surface area contributed by atoms with Crippen molar-refractivity contribution in [3.05, 3.63) is 23.9 Å². The van der Waals surface area contributed by atoms with Gasteiger partial charge >= 0.3 is 0 Å². The molecule has 5 N–H and O–H groups in total. The van der Waals surface area contributed by atoms with Crippen molar-refractivity contribution in [3.63, 3.8) is 0 Å². The predicted octanol–water partition coefficient (Wildman–Crippen LogP) is -0.521. The summed E-state index contributed by atoms with van der Waals surface area (Å²) in [7, 11) is 0. The van der Waals surface area contributed by atoms with Gasteiger partial charge in [-0.3, -0.25) is 0 Å². The van der Waals surface area contributed by atoms with Crippen LogP contribution in [0.4, 0.5) is 5.82 Å². The van der Waals surface area contributed by atoms with Crippen molar-refractivity contribution in [3.8, 4) is 0 Å². The average Bonchev–Trinajstić information content (AvgIpc) is 2.03. The highest BCUT2D eigenvalue weighted by Crippen LogP contribution is 2.09. The van der Waals surface area contributed by atoms with Crippen LogP contribution < -0.4 is 11.5 Å². The number of aliphatic imine (C=N–C) groups is 1. The molecule has 0 saturated heterocycles. The molecule has 0 bridgehead atoms. The van der Waals surface area contributed by atoms with E-state index in [4.69, 9.17) is 16.6 Å². The van der Waals surface area contributed by atoms with Crippen LogP contribution in [0.15, 0.2) is 23.3 Å². The van der Waals surface area contributed by atoms with Crippen LogP contribution in [0.1, 0.15) is 5.56 Å². The number of nitrogens with two attached hydrogens (primary N) is 2. The van der Waals surface area contributed by atoms with Crippen LogP contribution >= 0.6 is 0 Å². The minimum Gasteiger partial charge on any atom is -0.392 e. The molecule has 0 spiro atoms. The topological polar surface area (TPSA) is 97.5 Å². The van der Waals surface area contributed by atoms with Crippen molar-refractivity contribution in [1.82, 2.24) is 4.98 Å². The number of aromatic nitrogens is 1. The van der Waals surface area contributed by atoms with Gasteiger partial charge in [-0.25, -0.2) is 4.98 Å². The Morgan fingerprint density at radius 1 is 1.58 bits per heavy atom. The smallest absolute Gasteiger partial charge is 0.192 e. The third-order valence-electron chi connectivity index (χ3n) is 1.24. The molecule has 0 atom stereocenters. The van der Waals surface area contributed by atoms with Crippen LogP contribution in [0, 0.1) is 0 Å². The summed E-state index contributed by atoms with van der Waals surface area (Å²) in [5, 5.41) is 8.76. The minimum atomic E-state index is -0.0461. The first-order chi connectivity index (χ1) is 5.72. The van der Waals surface area contributed by atoms with Gasteiger partial charge in [-0.15, -0.1) is 0 Å². The minimum absolute atomic E-state index is 0.0439. The van der Waals surface area contributed by atoms with Crippen molar-refractivity contribution < 1.29 is 5.11 Å². The quantitative estimate of drug-likeness (QED) is 0.406. The lowest BCUT2D eigenvalue weighted by Crippen LogP contribution is -2.22. The standard InChI is InChI=1S/C7H10N4O/c8-7(9)11-6-3-5(4-12)1-2-10-6/h1-3,12H,4H2,(H4,8,9,10,11). The zero-order valence-corrected chi connectivity index (χ0v) is 6.44. The number of rotatable bonds is 2. The molecule has 0 amide bonds. The van der Waals surface area contributed by atoms with Crippen LogP contribution in [0.2, 0.25) is 0 Å². The van der Waals surface area contributed by atoms with Gasteiger partial charge in [0.05, 0.1) is 6.61 Å². The van der Waals surface area contributed by atoms with Crippen molar-refractivity contribution in [2.24, 2.45) is 16.5 Å². The van der Waals surface area contributed by atoms with Gasteiger partial charge in [-0.05, 0) is 17.7 Å². The number of aliphatic hydroxyl groups is 1. The molecule has 64 valence electrons. The van der Waals surface area contributed by atoms with Crippen molar-refractivity contribution >= 4 is 11.8 Å². The zero-order valence-electron chi connectivity index (χ0n) is 6.44. The van der Waals surface area contributed by atoms with Crippen LogP contribution in [0.3, 0.4) is 0 Å². The summed E-state index contributed by atoms with van der Waals surface area (Å²) in [5.74, 6) is 0.360. The van der Waals surface area contributed by atoms with Gasteiger partial charge in [-0.1, -0.05) is 0 Å². The van der Waals surface area contributed by atoms with E-state index in [1.165, 1.54) is 6.20 Å². The van der Waals surface area contributed by atoms with E-state index >= 15 is 0 Å². The molecule has 1 aromatic rings. The molecule has 0 unspecified atom stereocenters. The van der Waals surface area contributed by atoms with Crippen molar-refractivity contribution in [1.29, 1.82) is 0 Å². The lowest BCUT2D eigenvalue weighted by atomic mass is 10.3. The maximum Gasteiger partial charge on any atom is 0.192 e. The van der Waals surface area contributed by atoms with Crippen molar-refractivity contribution in [2.75, 3.05) is 0 Å². The van der Waals surface area contributed by atoms with Crippen molar-refractivity contribution in [2.45, 2.75) is 6.61 Å². The Labute approximate surface area is 69.8 Å². The second kappa shape index (κ2) is 3.68. The Balaban J connectivity index is 2.94. The molecule has 0 aliphatic rings. The van der Waals surface area contributed by atoms with E-state index in [2.05, 4.69) is 9.98 Å². The number of hydrogen-bond donors (Lipinski definition) is 3. The van der Waals surface area contributed by atoms with E-state index in [1.807, 2.05) is 0 Å². The van der Waals surface area contributed by atoms with Crippen LogP contribution in [-0.2, 0) is 6.61 Å². The highest BCUT2D eigenvalue weighted by molar-refractivity contribution is 5.78. The summed E-state index contributed by atoms with van der Waals surface area (Å²) < 4.78 is 0. The number of guanidine groups is 1. The van der Waals surface area contributed by atoms with Gasteiger partial charge in [0, 0.05) is 6.20 Å². The fourth-order valence-electron chi connectivity index (χ4n) is 0.752. The van der Waals surface area contributed by atoms with Crippen LogP contribution in [0.5, 0.6) is 0 Å². The number of aliphatic hydroxyl groups excluding tert-OH is 1. The molecule has 12 heavy (non-hydrogen) atoms. The van der Waals surface area contributed by atoms with Gasteiger partial charge in [0.15, 0.2) is 11.8 Å². The van der Waals surface area contributed by atoms with Gasteiger partial charge in [0.2, 0.25) is 0 Å². The highest BCUT2D eigenvalue weighted by atomic mass is 16.3. The average molecular weight is 166 g/mol. The molecule has 1 heterocycles. The van der Waals surface area contributed by atoms with E-state index in [0.29, 0.717) is 5.82 Å². The molecule has 1 aromatic heterocycles. The molecule has 0 fully saturated rings. The lowest BCUT2D eigenvalue weighted by molar-refractivity contribution is 0.282. The van der Waals surface area contributed by atoms with E-state index in [-0.39, 0.29) is 12.6 Å². The lowest BCUT2D eigenvalue weighted by Gasteiger charge is -1.96. The maximum atomic E-state index is 8.76. The van der Waals surface area contributed by atoms with E-state index in [1.54, 1.807) is 12.1 Å². The largest absolute Gasteiger partial charge is 0.392 e. The second-order valence-corrected chi connectivity index (χ2v) is 2.22. The third kappa shape index (κ3) is 2.21. The Kier molecular flexibility index (Phi) is 2.60. The molecular weight excluding hydrogens is 156 g/mol. The molecular formula is C7H10N4O. The second-order valence-electron chi connectivity index (χ2n) is 2.22. The van der Waals surface area contributed by atoms with Gasteiger partial charge in [-0.2, -0.15) is 4.99 Å². The first-order valence-corrected chi connectivity index (χ1v) is 3.38. The molecule has 0 radical (unpaired) electrons. The molecule has 5 heteroatoms. The molecule has 5 nitrogen and oxygen atoms in total. The van der Waals surface area contributed by atoms with Crippen LogP contribution in [-0.4, -0.2) is 16.1 Å². The number of hydrogen-bond acceptors (Lipinski definition) is 3. The van der Waals surface area contributed by atoms with Gasteiger partial charge in [0.1, 0.15) is 0 Å². The Morgan fingerprint density at radius 3 is 2.92 bits per heavy atom. The predicted molar refractivity (Wildman–Crippen MR) is 45.6 cm³/mol. The van der Waals surface area contributed by atoms with E-state index in [0.717, 1.165) is 5.56 Å². The fourth-order valence-corrected chi connectivity index (χ4v) is 0.752. The summed E-state index contributed by atoms with van der Waals surface area (Å²) in [4.78, 5) is 7.59. The molecule has 1 rings (SSSR count). The summed E-state index contributed by atoms with van der Waals surface area (Å²) in [6.07, 6.45) is 1.54. The summed E-state index contributed by atoms with van der Waals surface area (Å²) in [6, 6.07) is 3.30. The highest BCUT2D eigenvalue weighted by Gasteiger charge is 1.93. The first-order valence-electron chi connectivity index (χ1n) is 3.38. The third-order valence-corrected chi connectivity index (χ3v) is 1.24. The fraction of sp³-hybridized carbons (Fsp3) is 0.143. The summed E-state index contributed by atoms with van der Waals surface area (Å²) in [5.41, 5.74) is 11.0. The number of nitrogens with zero attached hydrogens (tertiary/aromatic N) is 2. The van der Waals surface area contributed by atoms with Gasteiger partial charge in [0.25, 0.3) is 0 Å². The Bertz CT molecular complexity index is 293. The number of pyridine rings is 1.